The highest BCUT2D eigenvalue weighted by atomic mass is 35.5. The van der Waals surface area contributed by atoms with Gasteiger partial charge >= 0.3 is 0 Å². The van der Waals surface area contributed by atoms with Gasteiger partial charge in [-0.1, -0.05) is 30.1 Å². The number of anilines is 2. The second kappa shape index (κ2) is 11.1. The summed E-state index contributed by atoms with van der Waals surface area (Å²) >= 11 is 6.39. The van der Waals surface area contributed by atoms with Crippen LogP contribution in [0.2, 0.25) is 5.15 Å². The SMILES string of the molecule is CCC[C@H]1CN(c2nc(N)c(C(=O)NN)nc2Cl)CCN1C1CCN(S(=O)(=O)c2c(C)noc2C)CC1. The number of rotatable bonds is 7. The molecule has 2 saturated heterocycles. The predicted molar refractivity (Wildman–Crippen MR) is 138 cm³/mol. The van der Waals surface area contributed by atoms with Crippen molar-refractivity contribution < 1.29 is 17.7 Å². The summed E-state index contributed by atoms with van der Waals surface area (Å²) in [6.07, 6.45) is 3.42. The number of nitrogen functional groups attached to an aromatic ring is 2. The van der Waals surface area contributed by atoms with Gasteiger partial charge in [-0.3, -0.25) is 15.1 Å². The first-order valence-electron chi connectivity index (χ1n) is 12.4. The zero-order valence-corrected chi connectivity index (χ0v) is 22.8. The summed E-state index contributed by atoms with van der Waals surface area (Å²) < 4.78 is 33.1. The molecule has 0 bridgehead atoms. The van der Waals surface area contributed by atoms with Crippen LogP contribution in [0, 0.1) is 13.8 Å². The summed E-state index contributed by atoms with van der Waals surface area (Å²) in [7, 11) is -3.65. The van der Waals surface area contributed by atoms with E-state index >= 15 is 0 Å². The van der Waals surface area contributed by atoms with E-state index in [4.69, 9.17) is 27.7 Å². The van der Waals surface area contributed by atoms with E-state index < -0.39 is 15.9 Å². The van der Waals surface area contributed by atoms with Crippen LogP contribution >= 0.6 is 11.6 Å². The zero-order valence-electron chi connectivity index (χ0n) is 21.3. The van der Waals surface area contributed by atoms with E-state index in [0.29, 0.717) is 43.5 Å². The summed E-state index contributed by atoms with van der Waals surface area (Å²) in [6, 6.07) is 0.484. The Bertz CT molecular complexity index is 1230. The minimum Gasteiger partial charge on any atom is -0.382 e. The van der Waals surface area contributed by atoms with Crippen molar-refractivity contribution >= 4 is 39.2 Å². The van der Waals surface area contributed by atoms with Crippen molar-refractivity contribution in [2.24, 2.45) is 5.84 Å². The normalized spacial score (nSPS) is 20.4. The molecule has 204 valence electrons. The number of nitrogens with two attached hydrogens (primary N) is 2. The number of carbonyl (C=O) groups is 1. The van der Waals surface area contributed by atoms with E-state index in [1.165, 1.54) is 4.31 Å². The third-order valence-electron chi connectivity index (χ3n) is 7.12. The standard InChI is InChI=1S/C22H34ClN9O4S/c1-4-5-16-12-30(21-19(23)26-17(20(24)27-21)22(33)28-25)10-11-32(16)15-6-8-31(9-7-15)37(34,35)18-13(2)29-36-14(18)3/h15-16H,4-12,25H2,1-3H3,(H2,24,27)(H,28,33)/t16-/m0/s1. The summed E-state index contributed by atoms with van der Waals surface area (Å²) in [5.41, 5.74) is 8.23. The first-order valence-corrected chi connectivity index (χ1v) is 14.2. The number of nitrogens with zero attached hydrogens (tertiary/aromatic N) is 6. The van der Waals surface area contributed by atoms with Crippen molar-refractivity contribution in [2.45, 2.75) is 63.4 Å². The molecule has 1 atom stereocenters. The van der Waals surface area contributed by atoms with Gasteiger partial charge in [0.15, 0.2) is 28.2 Å². The molecule has 2 aromatic heterocycles. The number of hydrogen-bond acceptors (Lipinski definition) is 11. The number of amides is 1. The smallest absolute Gasteiger partial charge is 0.287 e. The van der Waals surface area contributed by atoms with Gasteiger partial charge in [0.1, 0.15) is 10.6 Å². The van der Waals surface area contributed by atoms with Crippen molar-refractivity contribution in [1.82, 2.24) is 29.8 Å². The molecule has 2 fully saturated rings. The molecule has 0 radical (unpaired) electrons. The van der Waals surface area contributed by atoms with Gasteiger partial charge in [0.05, 0.1) is 0 Å². The average molecular weight is 556 g/mol. The quantitative estimate of drug-likeness (QED) is 0.253. The van der Waals surface area contributed by atoms with Crippen molar-refractivity contribution in [3.63, 3.8) is 0 Å². The Labute approximate surface area is 221 Å². The highest BCUT2D eigenvalue weighted by molar-refractivity contribution is 7.89. The summed E-state index contributed by atoms with van der Waals surface area (Å²) in [5.74, 6) is 5.25. The molecule has 0 spiro atoms. The lowest BCUT2D eigenvalue weighted by molar-refractivity contribution is 0.0778. The number of aryl methyl sites for hydroxylation is 2. The van der Waals surface area contributed by atoms with Gasteiger partial charge in [0.25, 0.3) is 5.91 Å². The van der Waals surface area contributed by atoms with Gasteiger partial charge in [-0.05, 0) is 33.1 Å². The minimum atomic E-state index is -3.65. The van der Waals surface area contributed by atoms with Crippen LogP contribution in [0.5, 0.6) is 0 Å². The average Bonchev–Trinajstić information content (AvgIpc) is 3.23. The molecule has 37 heavy (non-hydrogen) atoms. The molecule has 4 heterocycles. The van der Waals surface area contributed by atoms with Crippen LogP contribution < -0.4 is 21.9 Å². The summed E-state index contributed by atoms with van der Waals surface area (Å²) in [4.78, 5) is 25.1. The number of sulfonamides is 1. The van der Waals surface area contributed by atoms with E-state index in [1.807, 2.05) is 10.3 Å². The molecular weight excluding hydrogens is 522 g/mol. The Balaban J connectivity index is 1.45. The number of aromatic nitrogens is 3. The zero-order chi connectivity index (χ0) is 26.9. The van der Waals surface area contributed by atoms with Crippen molar-refractivity contribution in [2.75, 3.05) is 43.4 Å². The fourth-order valence-corrected chi connectivity index (χ4v) is 7.38. The van der Waals surface area contributed by atoms with E-state index in [0.717, 1.165) is 32.2 Å². The Morgan fingerprint density at radius 3 is 2.49 bits per heavy atom. The van der Waals surface area contributed by atoms with Crippen LogP contribution in [0.4, 0.5) is 11.6 Å². The molecule has 13 nitrogen and oxygen atoms in total. The van der Waals surface area contributed by atoms with E-state index in [1.54, 1.807) is 13.8 Å². The van der Waals surface area contributed by atoms with Crippen LogP contribution in [0.25, 0.3) is 0 Å². The monoisotopic (exact) mass is 555 g/mol. The topological polar surface area (TPSA) is 177 Å². The molecule has 0 aromatic carbocycles. The molecular formula is C22H34ClN9O4S. The van der Waals surface area contributed by atoms with Gasteiger partial charge in [0.2, 0.25) is 10.0 Å². The molecule has 5 N–H and O–H groups in total. The predicted octanol–water partition coefficient (Wildman–Crippen LogP) is 1.06. The molecule has 0 saturated carbocycles. The van der Waals surface area contributed by atoms with Crippen LogP contribution in [-0.4, -0.2) is 83.5 Å². The molecule has 2 aliphatic rings. The molecule has 1 amide bonds. The second-order valence-electron chi connectivity index (χ2n) is 9.46. The van der Waals surface area contributed by atoms with Gasteiger partial charge in [-0.15, -0.1) is 0 Å². The van der Waals surface area contributed by atoms with Crippen LogP contribution in [0.3, 0.4) is 0 Å². The Morgan fingerprint density at radius 1 is 1.19 bits per heavy atom. The molecule has 2 aromatic rings. The van der Waals surface area contributed by atoms with Crippen LogP contribution in [0.15, 0.2) is 9.42 Å². The highest BCUT2D eigenvalue weighted by Crippen LogP contribution is 2.32. The van der Waals surface area contributed by atoms with E-state index in [-0.39, 0.29) is 33.6 Å². The fraction of sp³-hybridized carbons (Fsp3) is 0.636. The maximum absolute atomic E-state index is 13.2. The third-order valence-corrected chi connectivity index (χ3v) is 9.51. The van der Waals surface area contributed by atoms with E-state index in [2.05, 4.69) is 26.9 Å². The van der Waals surface area contributed by atoms with Crippen molar-refractivity contribution in [3.05, 3.63) is 22.3 Å². The molecule has 2 aliphatic heterocycles. The molecule has 4 rings (SSSR count). The Kier molecular flexibility index (Phi) is 8.23. The van der Waals surface area contributed by atoms with Crippen molar-refractivity contribution in [3.8, 4) is 0 Å². The molecule has 0 unspecified atom stereocenters. The number of hydrogen-bond donors (Lipinski definition) is 3. The summed E-state index contributed by atoms with van der Waals surface area (Å²) in [6.45, 7) is 8.36. The molecule has 0 aliphatic carbocycles. The van der Waals surface area contributed by atoms with E-state index in [9.17, 15) is 13.2 Å². The minimum absolute atomic E-state index is 0.0382. The second-order valence-corrected chi connectivity index (χ2v) is 11.7. The number of halogens is 1. The highest BCUT2D eigenvalue weighted by Gasteiger charge is 2.38. The first kappa shape index (κ1) is 27.5. The Morgan fingerprint density at radius 2 is 1.89 bits per heavy atom. The van der Waals surface area contributed by atoms with Gasteiger partial charge in [0, 0.05) is 44.8 Å². The lowest BCUT2D eigenvalue weighted by Crippen LogP contribution is -2.59. The lowest BCUT2D eigenvalue weighted by Gasteiger charge is -2.47. The number of hydrazine groups is 1. The molecule has 15 heteroatoms. The van der Waals surface area contributed by atoms with Gasteiger partial charge in [-0.25, -0.2) is 24.2 Å². The third kappa shape index (κ3) is 5.39. The lowest BCUT2D eigenvalue weighted by atomic mass is 9.98. The van der Waals surface area contributed by atoms with Crippen LogP contribution in [0.1, 0.15) is 54.5 Å². The number of nitrogens with one attached hydrogen (secondary N) is 1. The number of piperazine rings is 1. The summed E-state index contributed by atoms with van der Waals surface area (Å²) in [5, 5.41) is 3.90. The largest absolute Gasteiger partial charge is 0.382 e. The number of piperidine rings is 1. The van der Waals surface area contributed by atoms with Crippen LogP contribution in [-0.2, 0) is 10.0 Å². The van der Waals surface area contributed by atoms with Gasteiger partial charge in [-0.2, -0.15) is 4.31 Å². The Hall–Kier alpha value is -2.52. The first-order chi connectivity index (χ1) is 17.6. The fourth-order valence-electron chi connectivity index (χ4n) is 5.37. The van der Waals surface area contributed by atoms with Crippen molar-refractivity contribution in [1.29, 1.82) is 0 Å². The maximum atomic E-state index is 13.2. The maximum Gasteiger partial charge on any atom is 0.287 e. The number of carbonyl (C=O) groups excluding carboxylic acids is 1. The van der Waals surface area contributed by atoms with Gasteiger partial charge < -0.3 is 15.2 Å².